The number of hydrogen-bond acceptors (Lipinski definition) is 0. The molecule has 0 saturated heterocycles. The Bertz CT molecular complexity index is 3720. The lowest BCUT2D eigenvalue weighted by atomic mass is 9.69. The highest BCUT2D eigenvalue weighted by Crippen LogP contribution is 2.65. The first-order valence-electron chi connectivity index (χ1n) is 25.8. The molecule has 77 heavy (non-hydrogen) atoms. The third-order valence-corrected chi connectivity index (χ3v) is 15.8. The van der Waals surface area contributed by atoms with Gasteiger partial charge in [-0.2, -0.15) is 0 Å². The van der Waals surface area contributed by atoms with Crippen LogP contribution in [0.2, 0.25) is 0 Å². The topological polar surface area (TPSA) is 0 Å². The average Bonchev–Trinajstić information content (AvgIpc) is 3.79. The summed E-state index contributed by atoms with van der Waals surface area (Å²) in [5.74, 6) is -1.16. The minimum atomic E-state index is -0.904. The maximum atomic E-state index is 14.5. The minimum Gasteiger partial charge on any atom is -0.207 e. The summed E-state index contributed by atoms with van der Waals surface area (Å²) in [4.78, 5) is 0. The molecular formula is C73H44F4. The minimum absolute atomic E-state index is 0.291. The van der Waals surface area contributed by atoms with E-state index in [-0.39, 0.29) is 23.3 Å². The van der Waals surface area contributed by atoms with Gasteiger partial charge >= 0.3 is 0 Å². The summed E-state index contributed by atoms with van der Waals surface area (Å²) in [6.45, 7) is 0. The van der Waals surface area contributed by atoms with Gasteiger partial charge in [-0.25, -0.2) is 17.6 Å². The molecule has 4 heteroatoms. The van der Waals surface area contributed by atoms with Crippen molar-refractivity contribution < 1.29 is 17.6 Å². The molecule has 0 unspecified atom stereocenters. The zero-order valence-electron chi connectivity index (χ0n) is 41.4. The third kappa shape index (κ3) is 7.59. The van der Waals surface area contributed by atoms with Crippen LogP contribution >= 0.6 is 0 Å². The van der Waals surface area contributed by atoms with Crippen LogP contribution in [0, 0.1) is 23.3 Å². The summed E-state index contributed by atoms with van der Waals surface area (Å²) in [5, 5.41) is 0. The molecule has 0 aromatic heterocycles. The molecule has 0 radical (unpaired) electrons. The fourth-order valence-electron chi connectivity index (χ4n) is 12.4. The molecule has 12 aromatic rings. The van der Waals surface area contributed by atoms with Crippen molar-refractivity contribution in [2.24, 2.45) is 0 Å². The van der Waals surface area contributed by atoms with Crippen LogP contribution in [-0.2, 0) is 5.41 Å². The zero-order valence-corrected chi connectivity index (χ0v) is 41.4. The highest BCUT2D eigenvalue weighted by atomic mass is 19.1. The highest BCUT2D eigenvalue weighted by molar-refractivity contribution is 6.01. The van der Waals surface area contributed by atoms with Gasteiger partial charge in [-0.1, -0.05) is 194 Å². The lowest BCUT2D eigenvalue weighted by molar-refractivity contribution is 0.627. The van der Waals surface area contributed by atoms with Gasteiger partial charge in [0.05, 0.1) is 5.41 Å². The van der Waals surface area contributed by atoms with Crippen LogP contribution < -0.4 is 0 Å². The normalized spacial score (nSPS) is 12.5. The van der Waals surface area contributed by atoms with Crippen LogP contribution in [0.3, 0.4) is 0 Å². The van der Waals surface area contributed by atoms with Crippen molar-refractivity contribution in [3.8, 4) is 111 Å². The molecule has 0 fully saturated rings. The second kappa shape index (κ2) is 18.3. The molecule has 0 bridgehead atoms. The van der Waals surface area contributed by atoms with Gasteiger partial charge in [0.2, 0.25) is 0 Å². The second-order valence-electron chi connectivity index (χ2n) is 20.0. The first-order valence-corrected chi connectivity index (χ1v) is 25.8. The molecule has 1 spiro atoms. The van der Waals surface area contributed by atoms with Gasteiger partial charge in [0.15, 0.2) is 0 Å². The number of rotatable bonds is 8. The number of fused-ring (bicyclic) bond motifs is 10. The number of hydrogen-bond donors (Lipinski definition) is 0. The van der Waals surface area contributed by atoms with E-state index in [0.29, 0.717) is 0 Å². The van der Waals surface area contributed by atoms with Crippen molar-refractivity contribution in [3.05, 3.63) is 312 Å². The van der Waals surface area contributed by atoms with Crippen LogP contribution in [0.1, 0.15) is 22.3 Å². The van der Waals surface area contributed by atoms with Crippen LogP contribution in [0.5, 0.6) is 0 Å². The van der Waals surface area contributed by atoms with Gasteiger partial charge in [-0.05, 0) is 206 Å². The van der Waals surface area contributed by atoms with Gasteiger partial charge in [-0.15, -0.1) is 0 Å². The second-order valence-corrected chi connectivity index (χ2v) is 20.0. The Balaban J connectivity index is 1.08. The zero-order chi connectivity index (χ0) is 51.8. The van der Waals surface area contributed by atoms with Crippen LogP contribution in [0.4, 0.5) is 17.6 Å². The first-order chi connectivity index (χ1) is 37.8. The standard InChI is InChI=1S/C73H44F4/c74-53-29-17-45(18-30-53)57-9-1-5-13-61(57)49-25-37-65-66-38-26-50(62-14-6-2-10-58(62)46-19-31-54(75)32-20-46)42-70(66)73(69(65)41-49)71-43-51(63-15-7-3-11-59(63)47-21-33-55(76)34-22-47)27-39-67(71)68-40-28-52(44-72(68)73)64-16-8-4-12-60(64)48-23-35-56(77)36-24-48/h1-44H. The smallest absolute Gasteiger partial charge is 0.123 e. The van der Waals surface area contributed by atoms with E-state index in [2.05, 4.69) is 146 Å². The van der Waals surface area contributed by atoms with Gasteiger partial charge in [0.1, 0.15) is 23.3 Å². The van der Waals surface area contributed by atoms with Crippen LogP contribution in [0.25, 0.3) is 111 Å². The Morgan fingerprint density at radius 2 is 0.338 bits per heavy atom. The summed E-state index contributed by atoms with van der Waals surface area (Å²) in [6, 6.07) is 87.5. The first kappa shape index (κ1) is 45.9. The van der Waals surface area contributed by atoms with Crippen LogP contribution in [0.15, 0.2) is 267 Å². The van der Waals surface area contributed by atoms with E-state index < -0.39 is 5.41 Å². The molecule has 0 aliphatic heterocycles. The van der Waals surface area contributed by atoms with Gasteiger partial charge in [0, 0.05) is 0 Å². The molecule has 0 saturated carbocycles. The molecule has 0 heterocycles. The van der Waals surface area contributed by atoms with Gasteiger partial charge in [0.25, 0.3) is 0 Å². The van der Waals surface area contributed by atoms with Crippen molar-refractivity contribution in [2.75, 3.05) is 0 Å². The summed E-state index contributed by atoms with van der Waals surface area (Å²) in [6.07, 6.45) is 0. The van der Waals surface area contributed by atoms with Gasteiger partial charge < -0.3 is 0 Å². The Morgan fingerprint density at radius 1 is 0.169 bits per heavy atom. The van der Waals surface area contributed by atoms with E-state index in [1.165, 1.54) is 48.5 Å². The summed E-state index contributed by atoms with van der Waals surface area (Å²) in [5.41, 5.74) is 23.8. The fourth-order valence-corrected chi connectivity index (χ4v) is 12.4. The molecule has 14 rings (SSSR count). The summed E-state index contributed by atoms with van der Waals surface area (Å²) < 4.78 is 57.8. The number of benzene rings is 12. The Labute approximate surface area is 444 Å². The predicted molar refractivity (Wildman–Crippen MR) is 306 cm³/mol. The van der Waals surface area contributed by atoms with Crippen molar-refractivity contribution in [2.45, 2.75) is 5.41 Å². The van der Waals surface area contributed by atoms with E-state index in [9.17, 15) is 17.6 Å². The number of halogens is 4. The molecule has 0 N–H and O–H groups in total. The van der Waals surface area contributed by atoms with E-state index in [4.69, 9.17) is 0 Å². The predicted octanol–water partition coefficient (Wildman–Crippen LogP) is 19.9. The van der Waals surface area contributed by atoms with Crippen molar-refractivity contribution in [3.63, 3.8) is 0 Å². The van der Waals surface area contributed by atoms with Gasteiger partial charge in [-0.3, -0.25) is 0 Å². The van der Waals surface area contributed by atoms with E-state index in [0.717, 1.165) is 134 Å². The summed E-state index contributed by atoms with van der Waals surface area (Å²) in [7, 11) is 0. The molecule has 2 aliphatic rings. The molecular weight excluding hydrogens is 953 g/mol. The molecule has 2 aliphatic carbocycles. The Morgan fingerprint density at radius 3 is 0.532 bits per heavy atom. The monoisotopic (exact) mass is 996 g/mol. The molecule has 0 amide bonds. The van der Waals surface area contributed by atoms with Crippen LogP contribution in [-0.4, -0.2) is 0 Å². The molecule has 0 atom stereocenters. The highest BCUT2D eigenvalue weighted by Gasteiger charge is 2.52. The third-order valence-electron chi connectivity index (χ3n) is 15.8. The fraction of sp³-hybridized carbons (Fsp3) is 0.0137. The Kier molecular flexibility index (Phi) is 10.9. The van der Waals surface area contributed by atoms with E-state index in [1.807, 2.05) is 72.8 Å². The largest absolute Gasteiger partial charge is 0.207 e. The SMILES string of the molecule is Fc1ccc(-c2ccccc2-c2ccc3c(c2)C2(c4cc(-c5ccccc5-c5ccc(F)cc5)ccc4-3)c3cc(-c4ccccc4-c4ccc(F)cc4)ccc3-c3ccc(-c4ccccc4-c4ccc(F)cc4)cc32)cc1. The quantitative estimate of drug-likeness (QED) is 0.133. The van der Waals surface area contributed by atoms with E-state index >= 15 is 0 Å². The maximum Gasteiger partial charge on any atom is 0.123 e. The molecule has 12 aromatic carbocycles. The van der Waals surface area contributed by atoms with Crippen molar-refractivity contribution in [1.29, 1.82) is 0 Å². The lowest BCUT2D eigenvalue weighted by Crippen LogP contribution is -2.26. The Hall–Kier alpha value is -9.64. The molecule has 0 nitrogen and oxygen atoms in total. The van der Waals surface area contributed by atoms with Crippen molar-refractivity contribution >= 4 is 0 Å². The summed E-state index contributed by atoms with van der Waals surface area (Å²) >= 11 is 0. The maximum absolute atomic E-state index is 14.5. The van der Waals surface area contributed by atoms with E-state index in [1.54, 1.807) is 0 Å². The molecule has 364 valence electrons. The van der Waals surface area contributed by atoms with Crippen molar-refractivity contribution in [1.82, 2.24) is 0 Å². The average molecular weight is 997 g/mol. The lowest BCUT2D eigenvalue weighted by Gasteiger charge is -2.32.